The molecule has 24 heavy (non-hydrogen) atoms. The number of benzene rings is 1. The van der Waals surface area contributed by atoms with Gasteiger partial charge < -0.3 is 19.5 Å². The quantitative estimate of drug-likeness (QED) is 0.734. The molecular weight excluding hydrogens is 328 g/mol. The summed E-state index contributed by atoms with van der Waals surface area (Å²) in [5.74, 6) is 2.54. The van der Waals surface area contributed by atoms with Crippen LogP contribution in [0.15, 0.2) is 36.1 Å². The third-order valence-corrected chi connectivity index (χ3v) is 4.03. The largest absolute Gasteiger partial charge is 0.496 e. The van der Waals surface area contributed by atoms with Crippen LogP contribution in [-0.4, -0.2) is 36.3 Å². The molecule has 1 N–H and O–H groups in total. The van der Waals surface area contributed by atoms with Gasteiger partial charge in [-0.15, -0.1) is 11.3 Å². The van der Waals surface area contributed by atoms with Gasteiger partial charge in [0.2, 0.25) is 0 Å². The molecule has 0 bridgehead atoms. The molecule has 0 saturated carbocycles. The summed E-state index contributed by atoms with van der Waals surface area (Å²) >= 11 is 1.46. The number of hydrogen-bond acceptors (Lipinski definition) is 8. The summed E-state index contributed by atoms with van der Waals surface area (Å²) in [6.07, 6.45) is 4.87. The van der Waals surface area contributed by atoms with Crippen molar-refractivity contribution in [2.24, 2.45) is 0 Å². The highest BCUT2D eigenvalue weighted by Gasteiger charge is 2.18. The highest BCUT2D eigenvalue weighted by Crippen LogP contribution is 2.42. The fourth-order valence-corrected chi connectivity index (χ4v) is 2.89. The molecule has 0 aliphatic carbocycles. The van der Waals surface area contributed by atoms with E-state index in [-0.39, 0.29) is 0 Å². The second-order valence-electron chi connectivity index (χ2n) is 4.66. The summed E-state index contributed by atoms with van der Waals surface area (Å²) in [7, 11) is 4.80. The minimum Gasteiger partial charge on any atom is -0.496 e. The number of rotatable bonds is 6. The molecule has 0 aliphatic heterocycles. The van der Waals surface area contributed by atoms with Crippen molar-refractivity contribution in [3.63, 3.8) is 0 Å². The number of aromatic nitrogens is 3. The van der Waals surface area contributed by atoms with Gasteiger partial charge >= 0.3 is 0 Å². The minimum atomic E-state index is 0.627. The van der Waals surface area contributed by atoms with Gasteiger partial charge in [0.25, 0.3) is 0 Å². The van der Waals surface area contributed by atoms with Crippen LogP contribution in [0.3, 0.4) is 0 Å². The molecule has 7 nitrogen and oxygen atoms in total. The van der Waals surface area contributed by atoms with Crippen molar-refractivity contribution < 1.29 is 14.2 Å². The van der Waals surface area contributed by atoms with E-state index in [0.29, 0.717) is 28.2 Å². The number of anilines is 2. The lowest BCUT2D eigenvalue weighted by molar-refractivity contribution is 0.377. The molecule has 0 saturated heterocycles. The second-order valence-corrected chi connectivity index (χ2v) is 5.52. The number of methoxy groups -OCH3 is 3. The van der Waals surface area contributed by atoms with Crippen LogP contribution in [0.1, 0.15) is 0 Å². The summed E-state index contributed by atoms with van der Waals surface area (Å²) in [6, 6.07) is 3.60. The Hall–Kier alpha value is -2.87. The maximum atomic E-state index is 5.47. The second kappa shape index (κ2) is 7.14. The maximum Gasteiger partial charge on any atom is 0.188 e. The van der Waals surface area contributed by atoms with Crippen LogP contribution in [-0.2, 0) is 0 Å². The Morgan fingerprint density at radius 1 is 1.00 bits per heavy atom. The summed E-state index contributed by atoms with van der Waals surface area (Å²) in [6.45, 7) is 0. The van der Waals surface area contributed by atoms with Gasteiger partial charge in [-0.25, -0.2) is 9.97 Å². The predicted molar refractivity (Wildman–Crippen MR) is 92.5 cm³/mol. The van der Waals surface area contributed by atoms with E-state index in [4.69, 9.17) is 14.2 Å². The lowest BCUT2D eigenvalue weighted by Gasteiger charge is -2.13. The van der Waals surface area contributed by atoms with Crippen LogP contribution in [0, 0.1) is 0 Å². The van der Waals surface area contributed by atoms with E-state index in [1.165, 1.54) is 11.3 Å². The van der Waals surface area contributed by atoms with Gasteiger partial charge in [-0.2, -0.15) is 0 Å². The number of thiazole rings is 1. The van der Waals surface area contributed by atoms with Gasteiger partial charge in [0, 0.05) is 29.9 Å². The molecule has 0 spiro atoms. The van der Waals surface area contributed by atoms with Crippen LogP contribution < -0.4 is 19.5 Å². The number of ether oxygens (including phenoxy) is 3. The normalized spacial score (nSPS) is 10.3. The maximum absolute atomic E-state index is 5.47. The van der Waals surface area contributed by atoms with E-state index in [9.17, 15) is 0 Å². The molecule has 0 aliphatic rings. The molecule has 124 valence electrons. The van der Waals surface area contributed by atoms with Crippen molar-refractivity contribution in [3.8, 4) is 28.5 Å². The molecule has 0 fully saturated rings. The van der Waals surface area contributed by atoms with Gasteiger partial charge in [0.05, 0.1) is 38.8 Å². The van der Waals surface area contributed by atoms with Crippen LogP contribution in [0.4, 0.5) is 10.9 Å². The molecule has 2 heterocycles. The summed E-state index contributed by atoms with van der Waals surface area (Å²) < 4.78 is 16.2. The zero-order chi connectivity index (χ0) is 16.9. The number of hydrogen-bond donors (Lipinski definition) is 1. The monoisotopic (exact) mass is 344 g/mol. The van der Waals surface area contributed by atoms with Crippen molar-refractivity contribution in [3.05, 3.63) is 36.1 Å². The zero-order valence-electron chi connectivity index (χ0n) is 13.4. The van der Waals surface area contributed by atoms with E-state index in [2.05, 4.69) is 20.3 Å². The predicted octanol–water partition coefficient (Wildman–Crippen LogP) is 3.37. The molecule has 1 aromatic carbocycles. The molecule has 0 unspecified atom stereocenters. The minimum absolute atomic E-state index is 0.627. The molecule has 0 atom stereocenters. The van der Waals surface area contributed by atoms with Crippen molar-refractivity contribution in [1.29, 1.82) is 0 Å². The molecule has 0 radical (unpaired) electrons. The smallest absolute Gasteiger partial charge is 0.188 e. The third-order valence-electron chi connectivity index (χ3n) is 3.27. The summed E-state index contributed by atoms with van der Waals surface area (Å²) in [5.41, 5.74) is 1.51. The first-order valence-corrected chi connectivity index (χ1v) is 7.92. The summed E-state index contributed by atoms with van der Waals surface area (Å²) in [4.78, 5) is 12.8. The Morgan fingerprint density at radius 2 is 1.75 bits per heavy atom. The molecule has 2 aromatic heterocycles. The van der Waals surface area contributed by atoms with Crippen LogP contribution >= 0.6 is 11.3 Å². The number of nitrogens with zero attached hydrogens (tertiary/aromatic N) is 3. The highest BCUT2D eigenvalue weighted by molar-refractivity contribution is 7.14. The van der Waals surface area contributed by atoms with Gasteiger partial charge in [-0.05, 0) is 0 Å². The fourth-order valence-electron chi connectivity index (χ4n) is 2.18. The standard InChI is InChI=1S/C16H16N4O3S/c1-21-10-6-12(22-2)15(13(7-10)23-3)11-9-24-16(19-11)20-14-8-17-4-5-18-14/h4-9H,1-3H3,(H,18,19,20). The average Bonchev–Trinajstić information content (AvgIpc) is 3.09. The van der Waals surface area contributed by atoms with E-state index in [1.54, 1.807) is 52.1 Å². The van der Waals surface area contributed by atoms with Crippen molar-refractivity contribution in [2.75, 3.05) is 26.6 Å². The van der Waals surface area contributed by atoms with Gasteiger partial charge in [0.1, 0.15) is 17.2 Å². The van der Waals surface area contributed by atoms with Gasteiger partial charge in [-0.1, -0.05) is 0 Å². The third kappa shape index (κ3) is 3.23. The number of nitrogens with one attached hydrogen (secondary N) is 1. The summed E-state index contributed by atoms with van der Waals surface area (Å²) in [5, 5.41) is 5.74. The highest BCUT2D eigenvalue weighted by atomic mass is 32.1. The first-order chi connectivity index (χ1) is 11.7. The van der Waals surface area contributed by atoms with E-state index in [0.717, 1.165) is 11.3 Å². The Bertz CT molecular complexity index is 798. The lowest BCUT2D eigenvalue weighted by Crippen LogP contribution is -1.96. The van der Waals surface area contributed by atoms with E-state index in [1.807, 2.05) is 5.38 Å². The molecular formula is C16H16N4O3S. The first-order valence-electron chi connectivity index (χ1n) is 7.04. The van der Waals surface area contributed by atoms with Gasteiger partial charge in [-0.3, -0.25) is 4.98 Å². The SMILES string of the molecule is COc1cc(OC)c(-c2csc(Nc3cnccn3)n2)c(OC)c1. The van der Waals surface area contributed by atoms with Crippen LogP contribution in [0.2, 0.25) is 0 Å². The Balaban J connectivity index is 1.97. The molecule has 0 amide bonds. The first kappa shape index (κ1) is 16.0. The fraction of sp³-hybridized carbons (Fsp3) is 0.188. The van der Waals surface area contributed by atoms with Crippen molar-refractivity contribution in [2.45, 2.75) is 0 Å². The van der Waals surface area contributed by atoms with E-state index < -0.39 is 0 Å². The van der Waals surface area contributed by atoms with Crippen LogP contribution in [0.25, 0.3) is 11.3 Å². The van der Waals surface area contributed by atoms with Crippen molar-refractivity contribution in [1.82, 2.24) is 15.0 Å². The molecule has 3 aromatic rings. The van der Waals surface area contributed by atoms with Crippen LogP contribution in [0.5, 0.6) is 17.2 Å². The van der Waals surface area contributed by atoms with Crippen molar-refractivity contribution >= 4 is 22.3 Å². The molecule has 3 rings (SSSR count). The average molecular weight is 344 g/mol. The molecule has 8 heteroatoms. The topological polar surface area (TPSA) is 78.4 Å². The van der Waals surface area contributed by atoms with Gasteiger partial charge in [0.15, 0.2) is 10.9 Å². The zero-order valence-corrected chi connectivity index (χ0v) is 14.3. The van der Waals surface area contributed by atoms with E-state index >= 15 is 0 Å². The Labute approximate surface area is 143 Å². The Kier molecular flexibility index (Phi) is 4.76. The lowest BCUT2D eigenvalue weighted by atomic mass is 10.1. The Morgan fingerprint density at radius 3 is 2.33 bits per heavy atom.